The van der Waals surface area contributed by atoms with Crippen molar-refractivity contribution < 1.29 is 18.3 Å². The van der Waals surface area contributed by atoms with E-state index < -0.39 is 11.5 Å². The SMILES string of the molecule is COc1cccc(-n2c(=O)n(Cc3ccccc3COc3cccc(-n4c(=O)n(Cc5cccc(F)c5)c5cnc(NCCc6ccccc6F)nc54)c3)c3cnc(NC4CC4)nc32)c1. The number of nitrogens with zero attached hydrogens (tertiary/aromatic N) is 8. The van der Waals surface area contributed by atoms with Crippen LogP contribution in [0, 0.1) is 11.6 Å². The van der Waals surface area contributed by atoms with Crippen molar-refractivity contribution in [2.45, 2.75) is 45.0 Å². The van der Waals surface area contributed by atoms with Gasteiger partial charge in [0.1, 0.15) is 40.8 Å². The number of ether oxygens (including phenoxy) is 2. The molecule has 10 rings (SSSR count). The van der Waals surface area contributed by atoms with Gasteiger partial charge < -0.3 is 20.1 Å². The molecule has 2 N–H and O–H groups in total. The molecule has 1 aliphatic rings. The van der Waals surface area contributed by atoms with Crippen molar-refractivity contribution in [2.24, 2.45) is 0 Å². The van der Waals surface area contributed by atoms with Crippen molar-refractivity contribution in [3.05, 3.63) is 189 Å². The van der Waals surface area contributed by atoms with Gasteiger partial charge in [-0.2, -0.15) is 9.97 Å². The first-order valence-electron chi connectivity index (χ1n) is 21.2. The summed E-state index contributed by atoms with van der Waals surface area (Å²) in [6.45, 7) is 0.768. The molecule has 326 valence electrons. The van der Waals surface area contributed by atoms with Gasteiger partial charge in [0, 0.05) is 24.7 Å². The largest absolute Gasteiger partial charge is 0.497 e. The van der Waals surface area contributed by atoms with E-state index in [1.165, 1.54) is 27.3 Å². The van der Waals surface area contributed by atoms with Crippen LogP contribution in [0.3, 0.4) is 0 Å². The van der Waals surface area contributed by atoms with E-state index in [1.54, 1.807) is 89.3 Å². The summed E-state index contributed by atoms with van der Waals surface area (Å²) >= 11 is 0. The fourth-order valence-electron chi connectivity index (χ4n) is 7.88. The van der Waals surface area contributed by atoms with Crippen LogP contribution in [0.5, 0.6) is 11.5 Å². The predicted octanol–water partition coefficient (Wildman–Crippen LogP) is 7.67. The Kier molecular flexibility index (Phi) is 11.0. The van der Waals surface area contributed by atoms with Gasteiger partial charge in [0.25, 0.3) is 0 Å². The van der Waals surface area contributed by atoms with Crippen LogP contribution >= 0.6 is 0 Å². The second-order valence-corrected chi connectivity index (χ2v) is 15.8. The van der Waals surface area contributed by atoms with Gasteiger partial charge in [0.05, 0.1) is 44.0 Å². The zero-order valence-corrected chi connectivity index (χ0v) is 35.2. The summed E-state index contributed by atoms with van der Waals surface area (Å²) in [6.07, 6.45) is 5.72. The summed E-state index contributed by atoms with van der Waals surface area (Å²) < 4.78 is 46.7. The Labute approximate surface area is 370 Å². The normalized spacial score (nSPS) is 12.5. The van der Waals surface area contributed by atoms with Crippen LogP contribution in [0.4, 0.5) is 20.7 Å². The molecule has 0 bridgehead atoms. The molecule has 0 spiro atoms. The Morgan fingerprint density at radius 3 is 1.97 bits per heavy atom. The van der Waals surface area contributed by atoms with Crippen LogP contribution in [-0.2, 0) is 26.1 Å². The Hall–Kier alpha value is -8.14. The number of aromatic nitrogens is 8. The first-order valence-corrected chi connectivity index (χ1v) is 21.2. The van der Waals surface area contributed by atoms with Crippen LogP contribution in [0.2, 0.25) is 0 Å². The number of fused-ring (bicyclic) bond motifs is 2. The zero-order valence-electron chi connectivity index (χ0n) is 35.2. The number of methoxy groups -OCH3 is 1. The standard InChI is InChI=1S/C49H42F2N10O4/c1-64-39-16-7-14-37(24-39)60-45-43(27-54-47(57-45)55-36-19-20-36)59(49(60)63)29-33-11-2-3-12-34(33)30-65-40-17-8-15-38(25-40)61-44-42(58(48(61)62)28-31-9-6-13-35(50)23-31)26-53-46(56-44)52-22-21-32-10-4-5-18-41(32)51/h2-18,23-27,36H,19-22,28-30H2,1H3,(H,52,53,56)(H,54,55,57). The summed E-state index contributed by atoms with van der Waals surface area (Å²) in [7, 11) is 1.58. The van der Waals surface area contributed by atoms with Crippen molar-refractivity contribution in [3.8, 4) is 22.9 Å². The highest BCUT2D eigenvalue weighted by Crippen LogP contribution is 2.27. The number of benzene rings is 5. The number of hydrogen-bond donors (Lipinski definition) is 2. The summed E-state index contributed by atoms with van der Waals surface area (Å²) in [5.74, 6) is 1.08. The summed E-state index contributed by atoms with van der Waals surface area (Å²) in [4.78, 5) is 47.4. The maximum Gasteiger partial charge on any atom is 0.335 e. The van der Waals surface area contributed by atoms with E-state index in [9.17, 15) is 18.4 Å². The van der Waals surface area contributed by atoms with Crippen molar-refractivity contribution in [3.63, 3.8) is 0 Å². The lowest BCUT2D eigenvalue weighted by Gasteiger charge is -2.13. The fourth-order valence-corrected chi connectivity index (χ4v) is 7.88. The number of hydrogen-bond acceptors (Lipinski definition) is 10. The Bertz CT molecular complexity index is 3340. The van der Waals surface area contributed by atoms with E-state index in [-0.39, 0.29) is 37.2 Å². The van der Waals surface area contributed by atoms with Gasteiger partial charge in [-0.3, -0.25) is 9.13 Å². The van der Waals surface area contributed by atoms with Crippen molar-refractivity contribution in [1.82, 2.24) is 38.2 Å². The van der Waals surface area contributed by atoms with Gasteiger partial charge in [-0.25, -0.2) is 37.5 Å². The molecule has 5 aromatic carbocycles. The van der Waals surface area contributed by atoms with Gasteiger partial charge >= 0.3 is 11.4 Å². The van der Waals surface area contributed by atoms with Crippen molar-refractivity contribution >= 4 is 34.2 Å². The average molecular weight is 873 g/mol. The molecule has 4 heterocycles. The van der Waals surface area contributed by atoms with Crippen LogP contribution in [0.25, 0.3) is 33.7 Å². The molecule has 0 amide bonds. The maximum absolute atomic E-state index is 14.4. The predicted molar refractivity (Wildman–Crippen MR) is 243 cm³/mol. The lowest BCUT2D eigenvalue weighted by molar-refractivity contribution is 0.304. The van der Waals surface area contributed by atoms with Crippen LogP contribution < -0.4 is 31.5 Å². The Morgan fingerprint density at radius 2 is 1.28 bits per heavy atom. The minimum Gasteiger partial charge on any atom is -0.497 e. The molecular weight excluding hydrogens is 831 g/mol. The molecule has 16 heteroatoms. The second-order valence-electron chi connectivity index (χ2n) is 15.8. The van der Waals surface area contributed by atoms with Gasteiger partial charge in [0.15, 0.2) is 11.3 Å². The minimum absolute atomic E-state index is 0.0719. The maximum atomic E-state index is 14.4. The molecule has 1 aliphatic carbocycles. The number of nitrogens with one attached hydrogen (secondary N) is 2. The average Bonchev–Trinajstić information content (AvgIpc) is 4.04. The van der Waals surface area contributed by atoms with Crippen LogP contribution in [0.1, 0.15) is 35.1 Å². The molecule has 0 saturated heterocycles. The molecular formula is C49H42F2N10O4. The molecule has 1 fully saturated rings. The summed E-state index contributed by atoms with van der Waals surface area (Å²) in [6, 6.07) is 35.1. The highest BCUT2D eigenvalue weighted by molar-refractivity contribution is 5.76. The van der Waals surface area contributed by atoms with Gasteiger partial charge in [-0.15, -0.1) is 0 Å². The number of halogens is 2. The van der Waals surface area contributed by atoms with Gasteiger partial charge in [-0.05, 0) is 84.0 Å². The molecule has 0 radical (unpaired) electrons. The third kappa shape index (κ3) is 8.53. The monoisotopic (exact) mass is 872 g/mol. The minimum atomic E-state index is -0.417. The van der Waals surface area contributed by atoms with E-state index in [0.717, 1.165) is 24.0 Å². The second kappa shape index (κ2) is 17.6. The third-order valence-corrected chi connectivity index (χ3v) is 11.4. The molecule has 0 unspecified atom stereocenters. The summed E-state index contributed by atoms with van der Waals surface area (Å²) in [5, 5.41) is 6.51. The third-order valence-electron chi connectivity index (χ3n) is 11.4. The van der Waals surface area contributed by atoms with Crippen molar-refractivity contribution in [1.29, 1.82) is 0 Å². The topological polar surface area (TPSA) is 148 Å². The highest BCUT2D eigenvalue weighted by atomic mass is 19.1. The lowest BCUT2D eigenvalue weighted by Crippen LogP contribution is -2.24. The van der Waals surface area contributed by atoms with E-state index >= 15 is 0 Å². The van der Waals surface area contributed by atoms with Gasteiger partial charge in [0.2, 0.25) is 11.9 Å². The van der Waals surface area contributed by atoms with Gasteiger partial charge in [-0.1, -0.05) is 66.7 Å². The Morgan fingerprint density at radius 1 is 0.662 bits per heavy atom. The smallest absolute Gasteiger partial charge is 0.335 e. The molecule has 0 aliphatic heterocycles. The fraction of sp³-hybridized carbons (Fsp3) is 0.184. The highest BCUT2D eigenvalue weighted by Gasteiger charge is 2.24. The van der Waals surface area contributed by atoms with E-state index in [0.29, 0.717) is 81.3 Å². The molecule has 9 aromatic rings. The molecule has 0 atom stereocenters. The van der Waals surface area contributed by atoms with Crippen LogP contribution in [0.15, 0.2) is 143 Å². The van der Waals surface area contributed by atoms with Crippen LogP contribution in [-0.4, -0.2) is 57.9 Å². The number of imidazole rings is 2. The van der Waals surface area contributed by atoms with E-state index in [4.69, 9.17) is 19.4 Å². The summed E-state index contributed by atoms with van der Waals surface area (Å²) in [5.41, 5.74) is 4.99. The van der Waals surface area contributed by atoms with Crippen molar-refractivity contribution in [2.75, 3.05) is 24.3 Å². The molecule has 1 saturated carbocycles. The van der Waals surface area contributed by atoms with E-state index in [2.05, 4.69) is 20.6 Å². The Balaban J connectivity index is 0.950. The molecule has 4 aromatic heterocycles. The molecule has 65 heavy (non-hydrogen) atoms. The first kappa shape index (κ1) is 40.9. The molecule has 14 nitrogen and oxygen atoms in total. The number of anilines is 2. The quantitative estimate of drug-likeness (QED) is 0.0992. The lowest BCUT2D eigenvalue weighted by atomic mass is 10.1. The zero-order chi connectivity index (χ0) is 44.4. The first-order chi connectivity index (χ1) is 31.8. The van der Waals surface area contributed by atoms with E-state index in [1.807, 2.05) is 42.5 Å². The number of rotatable bonds is 16.